The standard InChI is InChI=1S/C22H31N3O5S/c1-3-4-10-17-11-12-18(22(30)25(24-17)14-20(27)28)23-21(29)19(31-15(2)26)13-16-8-6-5-7-9-16/h5-9,17-19,24H,3-4,10-14H2,1-2H3,(H,23,29)(H,27,28)/t17-,18-,19-/m0/s1. The van der Waals surface area contributed by atoms with E-state index in [1.807, 2.05) is 30.3 Å². The topological polar surface area (TPSA) is 116 Å². The van der Waals surface area contributed by atoms with Gasteiger partial charge in [-0.1, -0.05) is 61.9 Å². The van der Waals surface area contributed by atoms with Crippen molar-refractivity contribution in [1.29, 1.82) is 0 Å². The highest BCUT2D eigenvalue weighted by molar-refractivity contribution is 8.14. The maximum Gasteiger partial charge on any atom is 0.324 e. The minimum Gasteiger partial charge on any atom is -0.480 e. The van der Waals surface area contributed by atoms with Gasteiger partial charge in [0.05, 0.1) is 5.25 Å². The monoisotopic (exact) mass is 449 g/mol. The van der Waals surface area contributed by atoms with Crippen molar-refractivity contribution in [3.63, 3.8) is 0 Å². The van der Waals surface area contributed by atoms with Crippen LogP contribution in [0.1, 0.15) is 51.5 Å². The molecule has 0 unspecified atom stereocenters. The third-order valence-electron chi connectivity index (χ3n) is 5.09. The smallest absolute Gasteiger partial charge is 0.324 e. The second kappa shape index (κ2) is 12.5. The van der Waals surface area contributed by atoms with Crippen molar-refractivity contribution in [2.24, 2.45) is 0 Å². The SMILES string of the molecule is CCCC[C@H]1CC[C@H](NC(=O)[C@H](Cc2ccccc2)SC(C)=O)C(=O)N(CC(=O)O)N1. The van der Waals surface area contributed by atoms with Gasteiger partial charge in [-0.2, -0.15) is 0 Å². The molecule has 1 aromatic carbocycles. The fourth-order valence-corrected chi connectivity index (χ4v) is 4.41. The molecule has 1 heterocycles. The number of carbonyl (C=O) groups is 4. The first kappa shape index (κ1) is 24.9. The normalized spacial score (nSPS) is 20.1. The molecule has 31 heavy (non-hydrogen) atoms. The maximum atomic E-state index is 13.0. The van der Waals surface area contributed by atoms with Gasteiger partial charge < -0.3 is 10.4 Å². The van der Waals surface area contributed by atoms with Gasteiger partial charge in [0.15, 0.2) is 5.12 Å². The second-order valence-corrected chi connectivity index (χ2v) is 9.09. The van der Waals surface area contributed by atoms with Crippen molar-refractivity contribution in [3.05, 3.63) is 35.9 Å². The highest BCUT2D eigenvalue weighted by atomic mass is 32.2. The molecule has 2 amide bonds. The van der Waals surface area contributed by atoms with Crippen LogP contribution < -0.4 is 10.7 Å². The Morgan fingerprint density at radius 2 is 1.97 bits per heavy atom. The summed E-state index contributed by atoms with van der Waals surface area (Å²) in [5.41, 5.74) is 3.94. The number of carboxylic acids is 1. The predicted octanol–water partition coefficient (Wildman–Crippen LogP) is 2.13. The second-order valence-electron chi connectivity index (χ2n) is 7.71. The lowest BCUT2D eigenvalue weighted by Crippen LogP contribution is -2.55. The lowest BCUT2D eigenvalue weighted by atomic mass is 10.0. The minimum absolute atomic E-state index is 0.0307. The molecular weight excluding hydrogens is 418 g/mol. The summed E-state index contributed by atoms with van der Waals surface area (Å²) >= 11 is 0.935. The number of benzene rings is 1. The average molecular weight is 450 g/mol. The van der Waals surface area contributed by atoms with E-state index in [4.69, 9.17) is 0 Å². The molecule has 2 rings (SSSR count). The van der Waals surface area contributed by atoms with E-state index >= 15 is 0 Å². The number of rotatable bonds is 10. The lowest BCUT2D eigenvalue weighted by Gasteiger charge is -2.26. The molecule has 9 heteroatoms. The summed E-state index contributed by atoms with van der Waals surface area (Å²) in [5, 5.41) is 12.2. The van der Waals surface area contributed by atoms with Crippen LogP contribution in [0.3, 0.4) is 0 Å². The van der Waals surface area contributed by atoms with E-state index in [1.165, 1.54) is 6.92 Å². The van der Waals surface area contributed by atoms with Crippen molar-refractivity contribution in [3.8, 4) is 0 Å². The zero-order chi connectivity index (χ0) is 22.8. The van der Waals surface area contributed by atoms with E-state index < -0.39 is 35.6 Å². The number of unbranched alkanes of at least 4 members (excludes halogenated alkanes) is 1. The number of hydrogen-bond acceptors (Lipinski definition) is 6. The van der Waals surface area contributed by atoms with Crippen molar-refractivity contribution in [1.82, 2.24) is 15.8 Å². The van der Waals surface area contributed by atoms with E-state index in [-0.39, 0.29) is 11.2 Å². The molecule has 0 aromatic heterocycles. The number of hydrogen-bond donors (Lipinski definition) is 3. The number of carbonyl (C=O) groups excluding carboxylic acids is 3. The van der Waals surface area contributed by atoms with Gasteiger partial charge in [-0.3, -0.25) is 24.2 Å². The van der Waals surface area contributed by atoms with Crippen molar-refractivity contribution in [2.45, 2.75) is 69.7 Å². The highest BCUT2D eigenvalue weighted by Crippen LogP contribution is 2.20. The molecule has 8 nitrogen and oxygen atoms in total. The molecule has 1 fully saturated rings. The number of hydrazine groups is 1. The molecule has 0 spiro atoms. The number of nitrogens with one attached hydrogen (secondary N) is 2. The molecule has 0 saturated carbocycles. The lowest BCUT2D eigenvalue weighted by molar-refractivity contribution is -0.148. The molecule has 3 atom stereocenters. The fourth-order valence-electron chi connectivity index (χ4n) is 3.56. The number of nitrogens with zero attached hydrogens (tertiary/aromatic N) is 1. The van der Waals surface area contributed by atoms with Crippen LogP contribution in [0, 0.1) is 0 Å². The number of aliphatic carboxylic acids is 1. The first-order valence-electron chi connectivity index (χ1n) is 10.6. The van der Waals surface area contributed by atoms with E-state index in [9.17, 15) is 24.3 Å². The van der Waals surface area contributed by atoms with Gasteiger partial charge in [0.25, 0.3) is 5.91 Å². The Kier molecular flexibility index (Phi) is 10.00. The number of thioether (sulfide) groups is 1. The molecule has 0 radical (unpaired) electrons. The van der Waals surface area contributed by atoms with Crippen LogP contribution in [0.2, 0.25) is 0 Å². The Balaban J connectivity index is 2.13. The Labute approximate surface area is 187 Å². The molecule has 3 N–H and O–H groups in total. The first-order valence-corrected chi connectivity index (χ1v) is 11.5. The average Bonchev–Trinajstić information content (AvgIpc) is 2.85. The molecular formula is C22H31N3O5S. The number of amides is 2. The summed E-state index contributed by atoms with van der Waals surface area (Å²) in [5.74, 6) is -2.00. The zero-order valence-electron chi connectivity index (χ0n) is 18.0. The van der Waals surface area contributed by atoms with Crippen LogP contribution >= 0.6 is 11.8 Å². The minimum atomic E-state index is -1.13. The van der Waals surface area contributed by atoms with Gasteiger partial charge in [-0.25, -0.2) is 5.43 Å². The van der Waals surface area contributed by atoms with Crippen molar-refractivity contribution in [2.75, 3.05) is 6.54 Å². The Bertz CT molecular complexity index is 774. The largest absolute Gasteiger partial charge is 0.480 e. The summed E-state index contributed by atoms with van der Waals surface area (Å²) in [6.45, 7) is 2.99. The Morgan fingerprint density at radius 3 is 2.58 bits per heavy atom. The summed E-state index contributed by atoms with van der Waals surface area (Å²) in [6, 6.07) is 8.50. The predicted molar refractivity (Wildman–Crippen MR) is 119 cm³/mol. The Morgan fingerprint density at radius 1 is 1.26 bits per heavy atom. The summed E-state index contributed by atoms with van der Waals surface area (Å²) in [6.07, 6.45) is 4.17. The van der Waals surface area contributed by atoms with E-state index in [1.54, 1.807) is 0 Å². The van der Waals surface area contributed by atoms with Crippen LogP contribution in [0.15, 0.2) is 30.3 Å². The van der Waals surface area contributed by atoms with Crippen LogP contribution in [0.5, 0.6) is 0 Å². The maximum absolute atomic E-state index is 13.0. The van der Waals surface area contributed by atoms with E-state index in [0.29, 0.717) is 19.3 Å². The van der Waals surface area contributed by atoms with Crippen LogP contribution in [-0.2, 0) is 25.6 Å². The Hall–Kier alpha value is -2.39. The molecule has 1 aliphatic rings. The van der Waals surface area contributed by atoms with Gasteiger partial charge in [0, 0.05) is 13.0 Å². The van der Waals surface area contributed by atoms with E-state index in [0.717, 1.165) is 41.6 Å². The van der Waals surface area contributed by atoms with Gasteiger partial charge in [-0.05, 0) is 31.2 Å². The molecule has 170 valence electrons. The molecule has 1 aliphatic heterocycles. The van der Waals surface area contributed by atoms with Gasteiger partial charge in [-0.15, -0.1) is 0 Å². The third-order valence-corrected chi connectivity index (χ3v) is 6.08. The van der Waals surface area contributed by atoms with Crippen molar-refractivity contribution < 1.29 is 24.3 Å². The van der Waals surface area contributed by atoms with E-state index in [2.05, 4.69) is 17.7 Å². The first-order chi connectivity index (χ1) is 14.8. The quantitative estimate of drug-likeness (QED) is 0.501. The van der Waals surface area contributed by atoms with Crippen LogP contribution in [0.4, 0.5) is 0 Å². The summed E-state index contributed by atoms with van der Waals surface area (Å²) in [7, 11) is 0. The van der Waals surface area contributed by atoms with Gasteiger partial charge in [0.1, 0.15) is 12.6 Å². The van der Waals surface area contributed by atoms with Crippen LogP contribution in [0.25, 0.3) is 0 Å². The summed E-state index contributed by atoms with van der Waals surface area (Å²) in [4.78, 5) is 48.9. The van der Waals surface area contributed by atoms with Crippen LogP contribution in [-0.4, -0.2) is 56.9 Å². The van der Waals surface area contributed by atoms with Gasteiger partial charge >= 0.3 is 5.97 Å². The zero-order valence-corrected chi connectivity index (χ0v) is 18.8. The molecule has 1 aromatic rings. The molecule has 0 bridgehead atoms. The van der Waals surface area contributed by atoms with Crippen molar-refractivity contribution >= 4 is 34.7 Å². The fraction of sp³-hybridized carbons (Fsp3) is 0.545. The number of carboxylic acid groups (broad SMARTS) is 1. The summed E-state index contributed by atoms with van der Waals surface area (Å²) < 4.78 is 0. The van der Waals surface area contributed by atoms with Gasteiger partial charge in [0.2, 0.25) is 5.91 Å². The molecule has 1 saturated heterocycles. The third kappa shape index (κ3) is 8.34. The molecule has 0 aliphatic carbocycles. The highest BCUT2D eigenvalue weighted by Gasteiger charge is 2.34.